The van der Waals surface area contributed by atoms with Gasteiger partial charge in [0.25, 0.3) is 5.91 Å². The molecule has 1 amide bonds. The molecule has 0 spiro atoms. The van der Waals surface area contributed by atoms with Crippen molar-refractivity contribution >= 4 is 28.9 Å². The lowest BCUT2D eigenvalue weighted by Crippen LogP contribution is -2.33. The Morgan fingerprint density at radius 3 is 2.44 bits per heavy atom. The molecule has 0 aliphatic rings. The number of rotatable bonds is 9. The first-order chi connectivity index (χ1) is 17.5. The highest BCUT2D eigenvalue weighted by molar-refractivity contribution is 5.92. The summed E-state index contributed by atoms with van der Waals surface area (Å²) in [7, 11) is 0. The summed E-state index contributed by atoms with van der Waals surface area (Å²) in [6.07, 6.45) is 0.722. The fourth-order valence-corrected chi connectivity index (χ4v) is 3.49. The second-order valence-electron chi connectivity index (χ2n) is 7.87. The maximum Gasteiger partial charge on any atom is 0.343 e. The van der Waals surface area contributed by atoms with Gasteiger partial charge >= 0.3 is 5.97 Å². The Kier molecular flexibility index (Phi) is 7.93. The van der Waals surface area contributed by atoms with Crippen molar-refractivity contribution in [2.45, 2.75) is 20.0 Å². The van der Waals surface area contributed by atoms with Crippen LogP contribution in [0.25, 0.3) is 10.8 Å². The number of benzene rings is 4. The molecule has 0 aromatic heterocycles. The van der Waals surface area contributed by atoms with Crippen LogP contribution in [0.15, 0.2) is 96.1 Å². The van der Waals surface area contributed by atoms with E-state index < -0.39 is 18.0 Å². The summed E-state index contributed by atoms with van der Waals surface area (Å²) in [5, 5.41) is 6.00. The zero-order valence-electron chi connectivity index (χ0n) is 20.0. The lowest BCUT2D eigenvalue weighted by molar-refractivity contribution is -0.127. The number of ether oxygens (including phenoxy) is 3. The molecule has 1 atom stereocenters. The van der Waals surface area contributed by atoms with Gasteiger partial charge in [0.05, 0.1) is 18.4 Å². The van der Waals surface area contributed by atoms with E-state index in [-0.39, 0.29) is 0 Å². The second-order valence-corrected chi connectivity index (χ2v) is 7.87. The zero-order valence-corrected chi connectivity index (χ0v) is 20.0. The van der Waals surface area contributed by atoms with Gasteiger partial charge in [0.2, 0.25) is 0 Å². The molecule has 7 heteroatoms. The molecule has 4 aromatic carbocycles. The number of hydrogen-bond acceptors (Lipinski definition) is 6. The first-order valence-electron chi connectivity index (χ1n) is 11.6. The highest BCUT2D eigenvalue weighted by atomic mass is 16.6. The topological polar surface area (TPSA) is 86.2 Å². The van der Waals surface area contributed by atoms with Crippen molar-refractivity contribution in [3.63, 3.8) is 0 Å². The normalized spacial score (nSPS) is 11.7. The predicted molar refractivity (Wildman–Crippen MR) is 139 cm³/mol. The standard InChI is InChI=1S/C29H26N2O5/c1-3-34-27-18-21(16-17-26(27)36-29(33)23-11-5-4-6-12-23)19-30-31-28(32)20(2)35-25-15-9-13-22-10-7-8-14-24(22)25/h4-20H,3H2,1-2H3,(H,31,32)/b30-19+. The smallest absolute Gasteiger partial charge is 0.343 e. The van der Waals surface area contributed by atoms with Gasteiger partial charge in [-0.1, -0.05) is 54.6 Å². The Morgan fingerprint density at radius 1 is 0.889 bits per heavy atom. The van der Waals surface area contributed by atoms with Crippen LogP contribution in [0.1, 0.15) is 29.8 Å². The molecule has 0 saturated carbocycles. The van der Waals surface area contributed by atoms with E-state index in [0.29, 0.717) is 35.0 Å². The molecule has 0 fully saturated rings. The molecule has 36 heavy (non-hydrogen) atoms. The van der Waals surface area contributed by atoms with Gasteiger partial charge in [0.15, 0.2) is 17.6 Å². The highest BCUT2D eigenvalue weighted by Crippen LogP contribution is 2.29. The molecular formula is C29H26N2O5. The number of nitrogens with one attached hydrogen (secondary N) is 1. The Balaban J connectivity index is 1.39. The number of esters is 1. The van der Waals surface area contributed by atoms with Crippen molar-refractivity contribution in [1.82, 2.24) is 5.43 Å². The third-order valence-corrected chi connectivity index (χ3v) is 5.29. The molecule has 0 aliphatic heterocycles. The van der Waals surface area contributed by atoms with Crippen LogP contribution in [0.3, 0.4) is 0 Å². The van der Waals surface area contributed by atoms with Gasteiger partial charge in [-0.2, -0.15) is 5.10 Å². The van der Waals surface area contributed by atoms with E-state index in [1.54, 1.807) is 49.4 Å². The summed E-state index contributed by atoms with van der Waals surface area (Å²) in [5.74, 6) is 0.443. The molecule has 0 aliphatic carbocycles. The van der Waals surface area contributed by atoms with Crippen LogP contribution in [0.2, 0.25) is 0 Å². The molecule has 4 aromatic rings. The molecule has 0 bridgehead atoms. The molecule has 7 nitrogen and oxygen atoms in total. The van der Waals surface area contributed by atoms with Crippen molar-refractivity contribution in [3.8, 4) is 17.2 Å². The van der Waals surface area contributed by atoms with Gasteiger partial charge in [-0.15, -0.1) is 0 Å². The van der Waals surface area contributed by atoms with E-state index in [1.807, 2.05) is 55.5 Å². The average molecular weight is 483 g/mol. The quantitative estimate of drug-likeness (QED) is 0.150. The van der Waals surface area contributed by atoms with Crippen LogP contribution < -0.4 is 19.6 Å². The fraction of sp³-hybridized carbons (Fsp3) is 0.138. The molecule has 0 saturated heterocycles. The minimum atomic E-state index is -0.758. The lowest BCUT2D eigenvalue weighted by atomic mass is 10.1. The summed E-state index contributed by atoms with van der Waals surface area (Å²) in [6.45, 7) is 3.88. The van der Waals surface area contributed by atoms with Crippen molar-refractivity contribution in [2.75, 3.05) is 6.61 Å². The molecule has 1 unspecified atom stereocenters. The average Bonchev–Trinajstić information content (AvgIpc) is 2.91. The Labute approximate surface area is 209 Å². The SMILES string of the molecule is CCOc1cc(/C=N/NC(=O)C(C)Oc2cccc3ccccc23)ccc1OC(=O)c1ccccc1. The summed E-state index contributed by atoms with van der Waals surface area (Å²) >= 11 is 0. The van der Waals surface area contributed by atoms with Crippen molar-refractivity contribution in [2.24, 2.45) is 5.10 Å². The second kappa shape index (κ2) is 11.7. The largest absolute Gasteiger partial charge is 0.490 e. The van der Waals surface area contributed by atoms with E-state index in [9.17, 15) is 9.59 Å². The number of fused-ring (bicyclic) bond motifs is 1. The molecule has 0 radical (unpaired) electrons. The number of nitrogens with zero attached hydrogens (tertiary/aromatic N) is 1. The van der Waals surface area contributed by atoms with Crippen molar-refractivity contribution in [3.05, 3.63) is 102 Å². The summed E-state index contributed by atoms with van der Waals surface area (Å²) < 4.78 is 17.0. The van der Waals surface area contributed by atoms with Gasteiger partial charge in [0, 0.05) is 5.39 Å². The third kappa shape index (κ3) is 6.07. The number of carbonyl (C=O) groups is 2. The lowest BCUT2D eigenvalue weighted by Gasteiger charge is -2.14. The van der Waals surface area contributed by atoms with E-state index in [0.717, 1.165) is 10.8 Å². The van der Waals surface area contributed by atoms with Crippen LogP contribution in [0.5, 0.6) is 17.2 Å². The first kappa shape index (κ1) is 24.5. The molecule has 182 valence electrons. The van der Waals surface area contributed by atoms with Gasteiger partial charge in [-0.05, 0) is 61.2 Å². The van der Waals surface area contributed by atoms with Crippen LogP contribution in [0.4, 0.5) is 0 Å². The minimum absolute atomic E-state index is 0.295. The maximum atomic E-state index is 12.5. The van der Waals surface area contributed by atoms with Crippen LogP contribution in [-0.2, 0) is 4.79 Å². The highest BCUT2D eigenvalue weighted by Gasteiger charge is 2.16. The van der Waals surface area contributed by atoms with Crippen LogP contribution in [0, 0.1) is 0 Å². The number of carbonyl (C=O) groups excluding carboxylic acids is 2. The fourth-order valence-electron chi connectivity index (χ4n) is 3.49. The Hall–Kier alpha value is -4.65. The number of hydrazone groups is 1. The summed E-state index contributed by atoms with van der Waals surface area (Å²) in [6, 6.07) is 27.2. The van der Waals surface area contributed by atoms with E-state index >= 15 is 0 Å². The third-order valence-electron chi connectivity index (χ3n) is 5.29. The molecular weight excluding hydrogens is 456 g/mol. The van der Waals surface area contributed by atoms with Gasteiger partial charge < -0.3 is 14.2 Å². The van der Waals surface area contributed by atoms with Crippen LogP contribution >= 0.6 is 0 Å². The number of hydrogen-bond donors (Lipinski definition) is 1. The molecule has 0 heterocycles. The molecule has 1 N–H and O–H groups in total. The first-order valence-corrected chi connectivity index (χ1v) is 11.6. The zero-order chi connectivity index (χ0) is 25.3. The predicted octanol–water partition coefficient (Wildman–Crippen LogP) is 5.38. The Bertz CT molecular complexity index is 1380. The van der Waals surface area contributed by atoms with E-state index in [4.69, 9.17) is 14.2 Å². The summed E-state index contributed by atoms with van der Waals surface area (Å²) in [4.78, 5) is 24.9. The van der Waals surface area contributed by atoms with Gasteiger partial charge in [-0.25, -0.2) is 10.2 Å². The van der Waals surface area contributed by atoms with Crippen LogP contribution in [-0.4, -0.2) is 30.8 Å². The molecule has 4 rings (SSSR count). The summed E-state index contributed by atoms with van der Waals surface area (Å²) in [5.41, 5.74) is 3.59. The minimum Gasteiger partial charge on any atom is -0.490 e. The number of amides is 1. The maximum absolute atomic E-state index is 12.5. The van der Waals surface area contributed by atoms with Gasteiger partial charge in [0.1, 0.15) is 5.75 Å². The monoisotopic (exact) mass is 482 g/mol. The van der Waals surface area contributed by atoms with Crippen molar-refractivity contribution < 1.29 is 23.8 Å². The Morgan fingerprint density at radius 2 is 1.64 bits per heavy atom. The van der Waals surface area contributed by atoms with Crippen molar-refractivity contribution in [1.29, 1.82) is 0 Å². The van der Waals surface area contributed by atoms with E-state index in [2.05, 4.69) is 10.5 Å². The van der Waals surface area contributed by atoms with Gasteiger partial charge in [-0.3, -0.25) is 4.79 Å². The van der Waals surface area contributed by atoms with E-state index in [1.165, 1.54) is 6.21 Å².